The van der Waals surface area contributed by atoms with Crippen LogP contribution in [0.15, 0.2) is 59.4 Å². The van der Waals surface area contributed by atoms with Crippen molar-refractivity contribution in [2.24, 2.45) is 29.6 Å². The molecule has 1 saturated heterocycles. The quantitative estimate of drug-likeness (QED) is 0.189. The molecular weight excluding hydrogens is 532 g/mol. The minimum absolute atomic E-state index is 0.00628. The van der Waals surface area contributed by atoms with Gasteiger partial charge in [-0.3, -0.25) is 9.59 Å². The number of fused-ring (bicyclic) bond motifs is 1. The molecule has 0 radical (unpaired) electrons. The zero-order valence-electron chi connectivity index (χ0n) is 23.1. The molecule has 0 saturated carbocycles. The maximum absolute atomic E-state index is 14.0. The van der Waals surface area contributed by atoms with E-state index in [1.165, 1.54) is 0 Å². The lowest BCUT2D eigenvalue weighted by Gasteiger charge is -2.40. The van der Waals surface area contributed by atoms with Gasteiger partial charge in [-0.1, -0.05) is 62.0 Å². The lowest BCUT2D eigenvalue weighted by atomic mass is 9.69. The van der Waals surface area contributed by atoms with Crippen LogP contribution in [0.3, 0.4) is 0 Å². The summed E-state index contributed by atoms with van der Waals surface area (Å²) in [5.41, 5.74) is -0.648. The maximum Gasteiger partial charge on any atom is 0.373 e. The average Bonchev–Trinajstić information content (AvgIpc) is 3.44. The molecule has 8 nitrogen and oxygen atoms in total. The molecule has 216 valence electrons. The smallest absolute Gasteiger partial charge is 0.373 e. The van der Waals surface area contributed by atoms with Crippen molar-refractivity contribution in [3.8, 4) is 0 Å². The second kappa shape index (κ2) is 12.3. The molecule has 3 N–H and O–H groups in total. The molecule has 40 heavy (non-hydrogen) atoms. The number of aliphatic carboxylic acids is 1. The number of ether oxygens (including phenoxy) is 1. The number of aliphatic hydroxyl groups excluding tert-OH is 2. The van der Waals surface area contributed by atoms with Gasteiger partial charge in [0.25, 0.3) is 5.78 Å². The number of thioether (sulfide) groups is 1. The SMILES string of the molecule is CC1=CC2CC=CC=CCC(O)C/C=C\CC(C)C3C(CSC3C(=O)C(=O)O)C(=O)C3=C(O)C2(CC1C)OC3=O. The monoisotopic (exact) mass is 570 g/mol. The van der Waals surface area contributed by atoms with Crippen molar-refractivity contribution >= 4 is 35.3 Å². The van der Waals surface area contributed by atoms with E-state index in [0.29, 0.717) is 32.1 Å². The first-order valence-corrected chi connectivity index (χ1v) is 15.0. The fourth-order valence-electron chi connectivity index (χ4n) is 6.40. The number of esters is 1. The topological polar surface area (TPSA) is 138 Å². The highest BCUT2D eigenvalue weighted by molar-refractivity contribution is 8.01. The third-order valence-corrected chi connectivity index (χ3v) is 10.2. The molecule has 8 unspecified atom stereocenters. The van der Waals surface area contributed by atoms with Crippen LogP contribution in [0.25, 0.3) is 0 Å². The van der Waals surface area contributed by atoms with E-state index in [0.717, 1.165) is 17.3 Å². The van der Waals surface area contributed by atoms with E-state index in [4.69, 9.17) is 4.74 Å². The van der Waals surface area contributed by atoms with Gasteiger partial charge in [0.2, 0.25) is 0 Å². The van der Waals surface area contributed by atoms with Crippen molar-refractivity contribution in [1.29, 1.82) is 0 Å². The minimum atomic E-state index is -1.56. The van der Waals surface area contributed by atoms with E-state index in [1.807, 2.05) is 63.3 Å². The summed E-state index contributed by atoms with van der Waals surface area (Å²) in [5.74, 6) is -6.37. The highest BCUT2D eigenvalue weighted by atomic mass is 32.2. The Morgan fingerprint density at radius 3 is 2.38 bits per heavy atom. The Morgan fingerprint density at radius 1 is 1.02 bits per heavy atom. The summed E-state index contributed by atoms with van der Waals surface area (Å²) < 4.78 is 5.91. The van der Waals surface area contributed by atoms with Crippen LogP contribution in [0.4, 0.5) is 0 Å². The molecular formula is C31H38O8S. The van der Waals surface area contributed by atoms with Gasteiger partial charge in [-0.05, 0) is 50.4 Å². The van der Waals surface area contributed by atoms with Gasteiger partial charge in [-0.2, -0.15) is 0 Å². The van der Waals surface area contributed by atoms with Gasteiger partial charge >= 0.3 is 11.9 Å². The van der Waals surface area contributed by atoms with Crippen molar-refractivity contribution in [2.75, 3.05) is 5.75 Å². The van der Waals surface area contributed by atoms with Crippen LogP contribution in [0.1, 0.15) is 52.9 Å². The van der Waals surface area contributed by atoms with Gasteiger partial charge in [0.15, 0.2) is 17.1 Å². The molecule has 2 heterocycles. The number of aliphatic hydroxyl groups is 2. The second-order valence-electron chi connectivity index (χ2n) is 11.5. The summed E-state index contributed by atoms with van der Waals surface area (Å²) in [7, 11) is 0. The number of carboxylic acid groups (broad SMARTS) is 1. The van der Waals surface area contributed by atoms with Gasteiger partial charge in [0.05, 0.1) is 11.4 Å². The average molecular weight is 571 g/mol. The summed E-state index contributed by atoms with van der Waals surface area (Å²) in [5, 5.41) is 30.4. The molecule has 0 aromatic rings. The molecule has 0 aromatic carbocycles. The van der Waals surface area contributed by atoms with E-state index in [1.54, 1.807) is 0 Å². The van der Waals surface area contributed by atoms with E-state index in [-0.39, 0.29) is 28.9 Å². The lowest BCUT2D eigenvalue weighted by Crippen LogP contribution is -2.44. The van der Waals surface area contributed by atoms with E-state index < -0.39 is 58.2 Å². The molecule has 0 aromatic heterocycles. The summed E-state index contributed by atoms with van der Waals surface area (Å²) >= 11 is 1.11. The van der Waals surface area contributed by atoms with Gasteiger partial charge in [0.1, 0.15) is 5.57 Å². The summed E-state index contributed by atoms with van der Waals surface area (Å²) in [4.78, 5) is 51.6. The molecule has 9 heteroatoms. The standard InChI is InChI=1S/C31H38O8S/c1-17-10-8-9-13-21(32)12-7-5-4-6-11-20-14-18(2)19(3)15-31(20)28(35)24(30(38)39-31)25(33)22-16-40-27(23(17)22)26(34)29(36)37/h4-9,14,17,19-23,27,32,35H,10-13,15-16H2,1-3H3,(H,36,37)/b6-4?,7-5?,9-8-. The third-order valence-electron chi connectivity index (χ3n) is 8.81. The normalized spacial score (nSPS) is 37.9. The van der Waals surface area contributed by atoms with Crippen LogP contribution in [0.2, 0.25) is 0 Å². The van der Waals surface area contributed by atoms with E-state index in [9.17, 15) is 34.5 Å². The number of rotatable bonds is 2. The predicted molar refractivity (Wildman–Crippen MR) is 151 cm³/mol. The number of hydrogen-bond acceptors (Lipinski definition) is 8. The van der Waals surface area contributed by atoms with Crippen LogP contribution in [0.5, 0.6) is 0 Å². The molecule has 0 amide bonds. The predicted octanol–water partition coefficient (Wildman–Crippen LogP) is 4.51. The third kappa shape index (κ3) is 5.77. The Hall–Kier alpha value is -2.91. The number of allylic oxidation sites excluding steroid dienone is 5. The van der Waals surface area contributed by atoms with Crippen molar-refractivity contribution in [3.05, 3.63) is 59.4 Å². The fourth-order valence-corrected chi connectivity index (χ4v) is 8.12. The van der Waals surface area contributed by atoms with Gasteiger partial charge in [-0.25, -0.2) is 9.59 Å². The number of Topliss-reactive ketones (excluding diaryl/α,β-unsaturated/α-hetero) is 2. The molecule has 4 aliphatic rings. The lowest BCUT2D eigenvalue weighted by molar-refractivity contribution is -0.154. The first kappa shape index (κ1) is 30.1. The largest absolute Gasteiger partial charge is 0.507 e. The van der Waals surface area contributed by atoms with E-state index in [2.05, 4.69) is 0 Å². The summed E-state index contributed by atoms with van der Waals surface area (Å²) in [6.07, 6.45) is 14.8. The second-order valence-corrected chi connectivity index (χ2v) is 12.7. The molecule has 2 aliphatic heterocycles. The van der Waals surface area contributed by atoms with Crippen LogP contribution in [-0.2, 0) is 23.9 Å². The molecule has 1 fully saturated rings. The highest BCUT2D eigenvalue weighted by Gasteiger charge is 2.58. The van der Waals surface area contributed by atoms with Crippen LogP contribution in [-0.4, -0.2) is 61.5 Å². The number of carbonyl (C=O) groups is 4. The molecule has 1 spiro atoms. The number of ketones is 2. The maximum atomic E-state index is 14.0. The van der Waals surface area contributed by atoms with Crippen LogP contribution < -0.4 is 0 Å². The summed E-state index contributed by atoms with van der Waals surface area (Å²) in [6.45, 7) is 5.83. The zero-order chi connectivity index (χ0) is 29.2. The van der Waals surface area contributed by atoms with E-state index >= 15 is 0 Å². The summed E-state index contributed by atoms with van der Waals surface area (Å²) in [6, 6.07) is 0. The van der Waals surface area contributed by atoms with Crippen LogP contribution in [0, 0.1) is 29.6 Å². The Bertz CT molecular complexity index is 1210. The molecule has 2 bridgehead atoms. The number of hydrogen-bond donors (Lipinski definition) is 3. The Kier molecular flexibility index (Phi) is 9.25. The Balaban J connectivity index is 1.79. The number of carboxylic acids is 1. The van der Waals surface area contributed by atoms with Gasteiger partial charge in [0, 0.05) is 24.0 Å². The number of carbonyl (C=O) groups excluding carboxylic acids is 3. The molecule has 8 atom stereocenters. The van der Waals surface area contributed by atoms with Crippen LogP contribution >= 0.6 is 11.8 Å². The van der Waals surface area contributed by atoms with Gasteiger partial charge in [-0.15, -0.1) is 11.8 Å². The van der Waals surface area contributed by atoms with Crippen molar-refractivity contribution in [1.82, 2.24) is 0 Å². The zero-order valence-corrected chi connectivity index (χ0v) is 23.9. The first-order chi connectivity index (χ1) is 19.0. The van der Waals surface area contributed by atoms with Gasteiger partial charge < -0.3 is 20.1 Å². The van der Waals surface area contributed by atoms with Crippen molar-refractivity contribution in [2.45, 2.75) is 69.8 Å². The highest BCUT2D eigenvalue weighted by Crippen LogP contribution is 2.51. The van der Waals surface area contributed by atoms with Crippen molar-refractivity contribution < 1.29 is 39.2 Å². The van der Waals surface area contributed by atoms with Crippen molar-refractivity contribution in [3.63, 3.8) is 0 Å². The fraction of sp³-hybridized carbons (Fsp3) is 0.548. The molecule has 4 rings (SSSR count). The first-order valence-electron chi connectivity index (χ1n) is 13.9. The minimum Gasteiger partial charge on any atom is -0.507 e. The Labute approximate surface area is 238 Å². The molecule has 2 aliphatic carbocycles. The Morgan fingerprint density at radius 2 is 1.68 bits per heavy atom.